The summed E-state index contributed by atoms with van der Waals surface area (Å²) in [5, 5.41) is 12.3. The number of hydrogen-bond acceptors (Lipinski definition) is 4. The van der Waals surface area contributed by atoms with Gasteiger partial charge in [-0.1, -0.05) is 0 Å². The van der Waals surface area contributed by atoms with Crippen molar-refractivity contribution in [2.45, 2.75) is 20.4 Å². The number of nitrogens with zero attached hydrogens (tertiary/aromatic N) is 3. The second-order valence-electron chi connectivity index (χ2n) is 4.12. The number of anilines is 1. The Morgan fingerprint density at radius 2 is 2.06 bits per heavy atom. The van der Waals surface area contributed by atoms with E-state index >= 15 is 0 Å². The van der Waals surface area contributed by atoms with Gasteiger partial charge in [0, 0.05) is 25.1 Å². The van der Waals surface area contributed by atoms with Crippen LogP contribution in [0.4, 0.5) is 5.82 Å². The van der Waals surface area contributed by atoms with E-state index in [1.54, 1.807) is 12.4 Å². The van der Waals surface area contributed by atoms with Crippen LogP contribution in [0.25, 0.3) is 0 Å². The van der Waals surface area contributed by atoms with Crippen LogP contribution in [0.2, 0.25) is 0 Å². The predicted molar refractivity (Wildman–Crippen MR) is 70.0 cm³/mol. The Morgan fingerprint density at radius 3 is 2.78 bits per heavy atom. The molecule has 0 spiro atoms. The summed E-state index contributed by atoms with van der Waals surface area (Å²) in [6.07, 6.45) is 5.29. The number of pyridine rings is 2. The Kier molecular flexibility index (Phi) is 3.54. The van der Waals surface area contributed by atoms with E-state index in [9.17, 15) is 0 Å². The number of aryl methyl sites for hydroxylation is 2. The van der Waals surface area contributed by atoms with Gasteiger partial charge >= 0.3 is 0 Å². The average Bonchev–Trinajstić information content (AvgIpc) is 2.38. The highest BCUT2D eigenvalue weighted by Gasteiger charge is 2.06. The zero-order chi connectivity index (χ0) is 13.0. The monoisotopic (exact) mass is 238 g/mol. The molecule has 0 unspecified atom stereocenters. The number of aromatic nitrogens is 2. The van der Waals surface area contributed by atoms with Crippen LogP contribution in [-0.2, 0) is 6.54 Å². The van der Waals surface area contributed by atoms with Crippen LogP contribution < -0.4 is 5.32 Å². The van der Waals surface area contributed by atoms with Crippen LogP contribution in [0.1, 0.15) is 22.3 Å². The molecule has 0 aliphatic rings. The normalized spacial score (nSPS) is 9.83. The summed E-state index contributed by atoms with van der Waals surface area (Å²) in [6, 6.07) is 5.97. The molecule has 0 bridgehead atoms. The number of nitrogens with one attached hydrogen (secondary N) is 1. The molecule has 0 saturated carbocycles. The lowest BCUT2D eigenvalue weighted by molar-refractivity contribution is 1.06. The molecule has 0 fully saturated rings. The molecule has 4 heteroatoms. The van der Waals surface area contributed by atoms with E-state index in [4.69, 9.17) is 5.26 Å². The van der Waals surface area contributed by atoms with Gasteiger partial charge in [0.15, 0.2) is 0 Å². The number of nitriles is 1. The van der Waals surface area contributed by atoms with Crippen LogP contribution in [0.15, 0.2) is 30.7 Å². The van der Waals surface area contributed by atoms with E-state index in [1.807, 2.05) is 32.2 Å². The third-order valence-corrected chi connectivity index (χ3v) is 2.85. The SMILES string of the molecule is Cc1cnccc1CNc1nccc(C)c1C#N. The van der Waals surface area contributed by atoms with Crippen LogP contribution >= 0.6 is 0 Å². The molecule has 90 valence electrons. The first-order chi connectivity index (χ1) is 8.72. The number of hydrogen-bond donors (Lipinski definition) is 1. The molecule has 2 rings (SSSR count). The summed E-state index contributed by atoms with van der Waals surface area (Å²) in [6.45, 7) is 4.56. The number of rotatable bonds is 3. The molecule has 0 atom stereocenters. The van der Waals surface area contributed by atoms with Crippen molar-refractivity contribution in [1.82, 2.24) is 9.97 Å². The molecule has 0 aromatic carbocycles. The van der Waals surface area contributed by atoms with Crippen molar-refractivity contribution < 1.29 is 0 Å². The maximum Gasteiger partial charge on any atom is 0.144 e. The van der Waals surface area contributed by atoms with Gasteiger partial charge in [0.1, 0.15) is 11.9 Å². The molecule has 2 aromatic rings. The van der Waals surface area contributed by atoms with E-state index in [2.05, 4.69) is 21.4 Å². The quantitative estimate of drug-likeness (QED) is 0.892. The molecule has 18 heavy (non-hydrogen) atoms. The fourth-order valence-corrected chi connectivity index (χ4v) is 1.71. The van der Waals surface area contributed by atoms with Crippen LogP contribution in [0.5, 0.6) is 0 Å². The zero-order valence-corrected chi connectivity index (χ0v) is 10.4. The Labute approximate surface area is 106 Å². The minimum atomic E-state index is 0.601. The first-order valence-electron chi connectivity index (χ1n) is 5.71. The van der Waals surface area contributed by atoms with Crippen molar-refractivity contribution in [3.63, 3.8) is 0 Å². The molecule has 0 aliphatic heterocycles. The molecule has 4 nitrogen and oxygen atoms in total. The van der Waals surface area contributed by atoms with Gasteiger partial charge in [0.2, 0.25) is 0 Å². The highest BCUT2D eigenvalue weighted by molar-refractivity contribution is 5.55. The zero-order valence-electron chi connectivity index (χ0n) is 10.4. The third-order valence-electron chi connectivity index (χ3n) is 2.85. The van der Waals surface area contributed by atoms with Crippen LogP contribution in [0, 0.1) is 25.2 Å². The maximum atomic E-state index is 9.11. The van der Waals surface area contributed by atoms with Crippen molar-refractivity contribution >= 4 is 5.82 Å². The molecule has 2 heterocycles. The van der Waals surface area contributed by atoms with E-state index in [-0.39, 0.29) is 0 Å². The van der Waals surface area contributed by atoms with Crippen molar-refractivity contribution in [3.05, 3.63) is 53.0 Å². The fourth-order valence-electron chi connectivity index (χ4n) is 1.71. The molecule has 0 saturated heterocycles. The van der Waals surface area contributed by atoms with Crippen LogP contribution in [0.3, 0.4) is 0 Å². The molecule has 0 aliphatic carbocycles. The first kappa shape index (κ1) is 12.1. The Morgan fingerprint density at radius 1 is 1.22 bits per heavy atom. The van der Waals surface area contributed by atoms with Gasteiger partial charge in [-0.05, 0) is 42.7 Å². The molecular formula is C14H14N4. The van der Waals surface area contributed by atoms with Gasteiger partial charge in [0.05, 0.1) is 5.56 Å². The first-order valence-corrected chi connectivity index (χ1v) is 5.71. The highest BCUT2D eigenvalue weighted by Crippen LogP contribution is 2.16. The Balaban J connectivity index is 2.19. The van der Waals surface area contributed by atoms with Gasteiger partial charge in [-0.15, -0.1) is 0 Å². The summed E-state index contributed by atoms with van der Waals surface area (Å²) in [4.78, 5) is 8.26. The van der Waals surface area contributed by atoms with Gasteiger partial charge in [-0.3, -0.25) is 4.98 Å². The van der Waals surface area contributed by atoms with Gasteiger partial charge in [-0.2, -0.15) is 5.26 Å². The predicted octanol–water partition coefficient (Wildman–Crippen LogP) is 2.58. The standard InChI is InChI=1S/C14H14N4/c1-10-3-6-17-14(13(10)7-15)18-9-12-4-5-16-8-11(12)2/h3-6,8H,9H2,1-2H3,(H,17,18). The second kappa shape index (κ2) is 5.28. The summed E-state index contributed by atoms with van der Waals surface area (Å²) < 4.78 is 0. The van der Waals surface area contributed by atoms with Gasteiger partial charge in [-0.25, -0.2) is 4.98 Å². The van der Waals surface area contributed by atoms with E-state index in [1.165, 1.54) is 0 Å². The van der Waals surface area contributed by atoms with Crippen molar-refractivity contribution in [2.75, 3.05) is 5.32 Å². The summed E-state index contributed by atoms with van der Waals surface area (Å²) in [7, 11) is 0. The minimum absolute atomic E-state index is 0.601. The van der Waals surface area contributed by atoms with Crippen LogP contribution in [-0.4, -0.2) is 9.97 Å². The summed E-state index contributed by atoms with van der Waals surface area (Å²) in [5.41, 5.74) is 3.80. The molecule has 2 aromatic heterocycles. The van der Waals surface area contributed by atoms with Crippen molar-refractivity contribution in [1.29, 1.82) is 5.26 Å². The van der Waals surface area contributed by atoms with E-state index in [0.717, 1.165) is 16.7 Å². The topological polar surface area (TPSA) is 61.6 Å². The minimum Gasteiger partial charge on any atom is -0.365 e. The lowest BCUT2D eigenvalue weighted by Crippen LogP contribution is -2.05. The Hall–Kier alpha value is -2.41. The molecular weight excluding hydrogens is 224 g/mol. The average molecular weight is 238 g/mol. The lowest BCUT2D eigenvalue weighted by atomic mass is 10.1. The lowest BCUT2D eigenvalue weighted by Gasteiger charge is -2.10. The summed E-state index contributed by atoms with van der Waals surface area (Å²) in [5.74, 6) is 0.633. The second-order valence-corrected chi connectivity index (χ2v) is 4.12. The molecule has 1 N–H and O–H groups in total. The van der Waals surface area contributed by atoms with Gasteiger partial charge < -0.3 is 5.32 Å². The highest BCUT2D eigenvalue weighted by atomic mass is 15.0. The molecule has 0 amide bonds. The maximum absolute atomic E-state index is 9.11. The molecule has 0 radical (unpaired) electrons. The summed E-state index contributed by atoms with van der Waals surface area (Å²) >= 11 is 0. The van der Waals surface area contributed by atoms with Crippen molar-refractivity contribution in [2.24, 2.45) is 0 Å². The largest absolute Gasteiger partial charge is 0.365 e. The Bertz CT molecular complexity index is 599. The van der Waals surface area contributed by atoms with Crippen molar-refractivity contribution in [3.8, 4) is 6.07 Å². The smallest absolute Gasteiger partial charge is 0.144 e. The van der Waals surface area contributed by atoms with E-state index < -0.39 is 0 Å². The van der Waals surface area contributed by atoms with Gasteiger partial charge in [0.25, 0.3) is 0 Å². The fraction of sp³-hybridized carbons (Fsp3) is 0.214. The van der Waals surface area contributed by atoms with E-state index in [0.29, 0.717) is 17.9 Å². The third kappa shape index (κ3) is 2.46.